The quantitative estimate of drug-likeness (QED) is 0.322. The van der Waals surface area contributed by atoms with Gasteiger partial charge in [-0.3, -0.25) is 0 Å². The Bertz CT molecular complexity index is 300. The van der Waals surface area contributed by atoms with Crippen molar-refractivity contribution in [1.29, 1.82) is 0 Å². The number of aliphatic hydroxyl groups excluding tert-OH is 2. The van der Waals surface area contributed by atoms with Gasteiger partial charge in [-0.2, -0.15) is 0 Å². The highest BCUT2D eigenvalue weighted by molar-refractivity contribution is 5.90. The first kappa shape index (κ1) is 22.5. The van der Waals surface area contributed by atoms with Crippen LogP contribution in [0.25, 0.3) is 0 Å². The van der Waals surface area contributed by atoms with E-state index in [0.717, 1.165) is 0 Å². The molecule has 0 aliphatic rings. The molecule has 0 rings (SSSR count). The zero-order valence-corrected chi connectivity index (χ0v) is 10.0. The summed E-state index contributed by atoms with van der Waals surface area (Å²) in [6.07, 6.45) is 2.23. The Kier molecular flexibility index (Phi) is 18.3. The number of rotatable bonds is 5. The van der Waals surface area contributed by atoms with Crippen LogP contribution in [0.5, 0.6) is 0 Å². The summed E-state index contributed by atoms with van der Waals surface area (Å²) in [5.74, 6) is -5.03. The number of hydrogen-bond acceptors (Lipinski definition) is 6. The lowest BCUT2D eigenvalue weighted by molar-refractivity contribution is -0.134. The summed E-state index contributed by atoms with van der Waals surface area (Å²) >= 11 is 0. The molecule has 0 bridgehead atoms. The second-order valence-electron chi connectivity index (χ2n) is 2.47. The van der Waals surface area contributed by atoms with Crippen LogP contribution in [0.15, 0.2) is 24.3 Å². The molecule has 114 valence electrons. The molecule has 0 aromatic rings. The molecule has 0 spiro atoms. The molecule has 0 aliphatic carbocycles. The highest BCUT2D eigenvalue weighted by Gasteiger charge is 1.88. The third kappa shape index (κ3) is 45.4. The zero-order valence-electron chi connectivity index (χ0n) is 10.0. The maximum Gasteiger partial charge on any atom is 0.328 e. The maximum absolute atomic E-state index is 9.55. The summed E-state index contributed by atoms with van der Waals surface area (Å²) in [6, 6.07) is 0. The van der Waals surface area contributed by atoms with Crippen LogP contribution in [0.3, 0.4) is 0 Å². The SMILES string of the molecule is O=C(O)C=CC(=O)O.O=C(O)C=CC(=O)O.OCCO. The number of aliphatic carboxylic acids is 4. The van der Waals surface area contributed by atoms with Crippen molar-refractivity contribution in [1.82, 2.24) is 0 Å². The van der Waals surface area contributed by atoms with E-state index in [4.69, 9.17) is 30.6 Å². The number of aliphatic hydroxyl groups is 2. The summed E-state index contributed by atoms with van der Waals surface area (Å²) in [4.78, 5) is 38.2. The fraction of sp³-hybridized carbons (Fsp3) is 0.200. The van der Waals surface area contributed by atoms with Crippen LogP contribution >= 0.6 is 0 Å². The van der Waals surface area contributed by atoms with E-state index in [1.165, 1.54) is 0 Å². The molecule has 0 aliphatic heterocycles. The van der Waals surface area contributed by atoms with Gasteiger partial charge in [-0.05, 0) is 0 Å². The van der Waals surface area contributed by atoms with E-state index >= 15 is 0 Å². The fourth-order valence-corrected chi connectivity index (χ4v) is 0.285. The Morgan fingerprint density at radius 2 is 0.700 bits per heavy atom. The number of carbonyl (C=O) groups is 4. The molecule has 0 aromatic heterocycles. The molecule has 20 heavy (non-hydrogen) atoms. The van der Waals surface area contributed by atoms with E-state index in [2.05, 4.69) is 0 Å². The predicted molar refractivity (Wildman–Crippen MR) is 63.0 cm³/mol. The predicted octanol–water partition coefficient (Wildman–Crippen LogP) is -1.61. The molecular formula is C10H14O10. The molecule has 0 aromatic carbocycles. The van der Waals surface area contributed by atoms with Gasteiger partial charge in [0, 0.05) is 24.3 Å². The van der Waals surface area contributed by atoms with E-state index in [1.807, 2.05) is 0 Å². The second-order valence-corrected chi connectivity index (χ2v) is 2.47. The van der Waals surface area contributed by atoms with Gasteiger partial charge in [-0.15, -0.1) is 0 Å². The Balaban J connectivity index is -0.000000230. The molecule has 0 saturated heterocycles. The van der Waals surface area contributed by atoms with Crippen molar-refractivity contribution in [2.45, 2.75) is 0 Å². The number of carboxylic acid groups (broad SMARTS) is 4. The van der Waals surface area contributed by atoms with Crippen LogP contribution in [0.4, 0.5) is 0 Å². The smallest absolute Gasteiger partial charge is 0.328 e. The highest BCUT2D eigenvalue weighted by Crippen LogP contribution is 1.71. The first-order valence-corrected chi connectivity index (χ1v) is 4.66. The van der Waals surface area contributed by atoms with Gasteiger partial charge in [0.25, 0.3) is 0 Å². The van der Waals surface area contributed by atoms with Crippen LogP contribution < -0.4 is 0 Å². The fourth-order valence-electron chi connectivity index (χ4n) is 0.285. The number of carboxylic acids is 4. The lowest BCUT2D eigenvalue weighted by atomic mass is 10.5. The van der Waals surface area contributed by atoms with Crippen molar-refractivity contribution in [2.24, 2.45) is 0 Å². The first-order valence-electron chi connectivity index (χ1n) is 4.66. The van der Waals surface area contributed by atoms with Crippen LogP contribution in [-0.4, -0.2) is 67.7 Å². The van der Waals surface area contributed by atoms with Gasteiger partial charge in [0.2, 0.25) is 0 Å². The average Bonchev–Trinajstić information content (AvgIpc) is 2.35. The van der Waals surface area contributed by atoms with Gasteiger partial charge in [0.05, 0.1) is 13.2 Å². The van der Waals surface area contributed by atoms with Crippen molar-refractivity contribution in [3.8, 4) is 0 Å². The summed E-state index contributed by atoms with van der Waals surface area (Å²) in [7, 11) is 0. The molecule has 0 radical (unpaired) electrons. The highest BCUT2D eigenvalue weighted by atomic mass is 16.4. The minimum Gasteiger partial charge on any atom is -0.478 e. The van der Waals surface area contributed by atoms with Crippen molar-refractivity contribution < 1.29 is 49.8 Å². The molecule has 0 atom stereocenters. The monoisotopic (exact) mass is 294 g/mol. The van der Waals surface area contributed by atoms with Gasteiger partial charge in [0.1, 0.15) is 0 Å². The molecule has 0 fully saturated rings. The first-order chi connectivity index (χ1) is 9.17. The molecule has 0 heterocycles. The minimum atomic E-state index is -1.26. The Morgan fingerprint density at radius 3 is 0.750 bits per heavy atom. The molecule has 10 nitrogen and oxygen atoms in total. The van der Waals surface area contributed by atoms with Crippen LogP contribution in [0.2, 0.25) is 0 Å². The average molecular weight is 294 g/mol. The summed E-state index contributed by atoms with van der Waals surface area (Å²) in [5, 5.41) is 46.5. The van der Waals surface area contributed by atoms with E-state index in [9.17, 15) is 19.2 Å². The van der Waals surface area contributed by atoms with Gasteiger partial charge in [0.15, 0.2) is 0 Å². The zero-order chi connectivity index (χ0) is 16.6. The van der Waals surface area contributed by atoms with E-state index in [-0.39, 0.29) is 13.2 Å². The lowest BCUT2D eigenvalue weighted by Gasteiger charge is -1.74. The molecule has 6 N–H and O–H groups in total. The third-order valence-electron chi connectivity index (χ3n) is 0.837. The largest absolute Gasteiger partial charge is 0.478 e. The lowest BCUT2D eigenvalue weighted by Crippen LogP contribution is -1.91. The number of hydrogen-bond donors (Lipinski definition) is 6. The second kappa shape index (κ2) is 16.3. The Morgan fingerprint density at radius 1 is 0.550 bits per heavy atom. The Labute approximate surface area is 112 Å². The molecule has 0 unspecified atom stereocenters. The van der Waals surface area contributed by atoms with Crippen LogP contribution in [0, 0.1) is 0 Å². The van der Waals surface area contributed by atoms with Gasteiger partial charge in [-0.1, -0.05) is 0 Å². The van der Waals surface area contributed by atoms with Gasteiger partial charge < -0.3 is 30.6 Å². The molecule has 0 amide bonds. The third-order valence-corrected chi connectivity index (χ3v) is 0.837. The van der Waals surface area contributed by atoms with E-state index in [1.54, 1.807) is 0 Å². The van der Waals surface area contributed by atoms with E-state index < -0.39 is 23.9 Å². The standard InChI is InChI=1S/2C4H4O4.C2H6O2/c2*5-3(6)1-2-4(7)8;3-1-2-4/h2*1-2H,(H,5,6)(H,7,8);3-4H,1-2H2. The van der Waals surface area contributed by atoms with Gasteiger partial charge >= 0.3 is 23.9 Å². The molecule has 0 saturated carbocycles. The van der Waals surface area contributed by atoms with Gasteiger partial charge in [-0.25, -0.2) is 19.2 Å². The van der Waals surface area contributed by atoms with Crippen molar-refractivity contribution in [3.63, 3.8) is 0 Å². The van der Waals surface area contributed by atoms with E-state index in [0.29, 0.717) is 24.3 Å². The Hall–Kier alpha value is -2.72. The van der Waals surface area contributed by atoms with Crippen LogP contribution in [-0.2, 0) is 19.2 Å². The van der Waals surface area contributed by atoms with Crippen molar-refractivity contribution >= 4 is 23.9 Å². The topological polar surface area (TPSA) is 190 Å². The van der Waals surface area contributed by atoms with Crippen LogP contribution in [0.1, 0.15) is 0 Å². The van der Waals surface area contributed by atoms with Crippen molar-refractivity contribution in [2.75, 3.05) is 13.2 Å². The summed E-state index contributed by atoms with van der Waals surface area (Å²) in [6.45, 7) is -0.250. The maximum atomic E-state index is 9.55. The molecular weight excluding hydrogens is 280 g/mol. The van der Waals surface area contributed by atoms with Crippen molar-refractivity contribution in [3.05, 3.63) is 24.3 Å². The summed E-state index contributed by atoms with van der Waals surface area (Å²) in [5.41, 5.74) is 0. The normalized spacial score (nSPS) is 9.10. The minimum absolute atomic E-state index is 0.125. The molecule has 10 heteroatoms. The summed E-state index contributed by atoms with van der Waals surface area (Å²) < 4.78 is 0.